The molecule has 186 valence electrons. The average Bonchev–Trinajstić information content (AvgIpc) is 3.41. The number of hydrogen-bond donors (Lipinski definition) is 1. The summed E-state index contributed by atoms with van der Waals surface area (Å²) < 4.78 is 30.0. The molecule has 1 amide bonds. The smallest absolute Gasteiger partial charge is 0.303 e. The van der Waals surface area contributed by atoms with Crippen LogP contribution in [0.15, 0.2) is 18.3 Å². The fourth-order valence-electron chi connectivity index (χ4n) is 5.20. The Balaban J connectivity index is 1.64. The molecule has 5 rings (SSSR count). The van der Waals surface area contributed by atoms with Gasteiger partial charge in [0.15, 0.2) is 11.6 Å². The zero-order chi connectivity index (χ0) is 25.0. The maximum Gasteiger partial charge on any atom is 0.303 e. The van der Waals surface area contributed by atoms with Gasteiger partial charge in [0.2, 0.25) is 11.7 Å². The van der Waals surface area contributed by atoms with Crippen molar-refractivity contribution in [3.8, 4) is 5.82 Å². The summed E-state index contributed by atoms with van der Waals surface area (Å²) in [6.07, 6.45) is 4.36. The minimum atomic E-state index is -3.19. The summed E-state index contributed by atoms with van der Waals surface area (Å²) in [5.41, 5.74) is 1.30. The van der Waals surface area contributed by atoms with Crippen LogP contribution in [0, 0.1) is 0 Å². The number of aromatic nitrogens is 5. The lowest BCUT2D eigenvalue weighted by Gasteiger charge is -2.50. The van der Waals surface area contributed by atoms with Crippen LogP contribution in [0.1, 0.15) is 52.1 Å². The normalized spacial score (nSPS) is 20.6. The zero-order valence-corrected chi connectivity index (χ0v) is 20.5. The van der Waals surface area contributed by atoms with Crippen LogP contribution in [-0.4, -0.2) is 67.3 Å². The van der Waals surface area contributed by atoms with E-state index >= 15 is 0 Å². The van der Waals surface area contributed by atoms with E-state index in [1.54, 1.807) is 23.0 Å². The van der Waals surface area contributed by atoms with Crippen molar-refractivity contribution in [2.24, 2.45) is 0 Å². The van der Waals surface area contributed by atoms with Crippen LogP contribution >= 0.6 is 0 Å². The van der Waals surface area contributed by atoms with Crippen molar-refractivity contribution in [2.45, 2.75) is 58.4 Å². The topological polar surface area (TPSA) is 92.1 Å². The van der Waals surface area contributed by atoms with Crippen LogP contribution in [0.3, 0.4) is 0 Å². The van der Waals surface area contributed by atoms with Crippen molar-refractivity contribution in [3.05, 3.63) is 29.8 Å². The second-order valence-corrected chi connectivity index (χ2v) is 9.51. The van der Waals surface area contributed by atoms with Gasteiger partial charge in [-0.3, -0.25) is 9.69 Å². The number of aryl methyl sites for hydroxylation is 1. The first kappa shape index (κ1) is 23.5. The second kappa shape index (κ2) is 8.47. The van der Waals surface area contributed by atoms with Crippen LogP contribution in [-0.2, 0) is 17.1 Å². The van der Waals surface area contributed by atoms with E-state index in [1.807, 2.05) is 6.92 Å². The number of pyridine rings is 1. The van der Waals surface area contributed by atoms with Gasteiger partial charge in [-0.15, -0.1) is 5.10 Å². The number of likely N-dealkylation sites (N-methyl/N-ethyl adjacent to an activating group) is 1. The molecule has 3 aromatic rings. The summed E-state index contributed by atoms with van der Waals surface area (Å²) in [4.78, 5) is 29.0. The fraction of sp³-hybridized carbons (Fsp3) is 0.542. The maximum atomic E-state index is 14.2. The van der Waals surface area contributed by atoms with E-state index in [1.165, 1.54) is 6.92 Å². The third-order valence-electron chi connectivity index (χ3n) is 7.12. The van der Waals surface area contributed by atoms with Gasteiger partial charge < -0.3 is 10.2 Å². The van der Waals surface area contributed by atoms with E-state index < -0.39 is 11.7 Å². The molecule has 0 aliphatic carbocycles. The summed E-state index contributed by atoms with van der Waals surface area (Å²) in [7, 11) is 0. The van der Waals surface area contributed by atoms with Crippen molar-refractivity contribution in [1.29, 1.82) is 0 Å². The number of fused-ring (bicyclic) bond motifs is 1. The molecule has 35 heavy (non-hydrogen) atoms. The second-order valence-electron chi connectivity index (χ2n) is 9.51. The predicted octanol–water partition coefficient (Wildman–Crippen LogP) is 3.52. The Morgan fingerprint density at radius 3 is 2.60 bits per heavy atom. The van der Waals surface area contributed by atoms with Crippen molar-refractivity contribution >= 4 is 28.4 Å². The fourth-order valence-corrected chi connectivity index (χ4v) is 5.20. The third-order valence-corrected chi connectivity index (χ3v) is 7.12. The number of amides is 1. The molecule has 0 bridgehead atoms. The molecule has 0 aromatic carbocycles. The molecule has 0 radical (unpaired) electrons. The Morgan fingerprint density at radius 2 is 1.97 bits per heavy atom. The van der Waals surface area contributed by atoms with Crippen molar-refractivity contribution < 1.29 is 13.6 Å². The molecule has 1 spiro atoms. The lowest BCUT2D eigenvalue weighted by molar-refractivity contribution is -0.114. The van der Waals surface area contributed by atoms with E-state index in [9.17, 15) is 13.6 Å². The molecule has 1 N–H and O–H groups in total. The Bertz CT molecular complexity index is 1280. The third kappa shape index (κ3) is 4.11. The molecular weight excluding hydrogens is 454 g/mol. The number of hydrogen-bond acceptors (Lipinski definition) is 7. The number of halogens is 2. The highest BCUT2D eigenvalue weighted by atomic mass is 19.3. The monoisotopic (exact) mass is 484 g/mol. The predicted molar refractivity (Wildman–Crippen MR) is 129 cm³/mol. The van der Waals surface area contributed by atoms with Crippen molar-refractivity contribution in [1.82, 2.24) is 29.6 Å². The summed E-state index contributed by atoms with van der Waals surface area (Å²) in [6, 6.07) is 3.39. The van der Waals surface area contributed by atoms with E-state index in [4.69, 9.17) is 5.10 Å². The summed E-state index contributed by atoms with van der Waals surface area (Å²) in [5.74, 6) is -2.62. The van der Waals surface area contributed by atoms with Gasteiger partial charge in [0, 0.05) is 63.0 Å². The average molecular weight is 485 g/mol. The van der Waals surface area contributed by atoms with Crippen LogP contribution in [0.4, 0.5) is 20.4 Å². The van der Waals surface area contributed by atoms with Crippen LogP contribution in [0.5, 0.6) is 0 Å². The first-order valence-electron chi connectivity index (χ1n) is 12.1. The molecule has 1 unspecified atom stereocenters. The van der Waals surface area contributed by atoms with Gasteiger partial charge in [0.25, 0.3) is 0 Å². The van der Waals surface area contributed by atoms with Crippen molar-refractivity contribution in [3.63, 3.8) is 0 Å². The number of nitrogens with zero attached hydrogens (tertiary/aromatic N) is 7. The van der Waals surface area contributed by atoms with Gasteiger partial charge in [-0.05, 0) is 25.8 Å². The number of carbonyl (C=O) groups is 1. The number of nitrogens with one attached hydrogen (secondary N) is 1. The minimum Gasteiger partial charge on any atom is -0.353 e. The minimum absolute atomic E-state index is 0.163. The maximum absolute atomic E-state index is 14.2. The van der Waals surface area contributed by atoms with E-state index in [-0.39, 0.29) is 17.3 Å². The Kier molecular flexibility index (Phi) is 5.70. The standard InChI is InChI=1S/C24H30F2N8O/c1-5-16-11-20(30-22(29-16)23(4,25)26)34-18-12-19(28-15(3)35)27-13-17(18)21(31-34)32-9-7-24(14-32)8-10-33(24)6-2/h11-13H,5-10,14H2,1-4H3,(H,27,28,35). The molecule has 5 heterocycles. The molecular formula is C24H30F2N8O. The molecule has 11 heteroatoms. The number of alkyl halides is 2. The van der Waals surface area contributed by atoms with E-state index in [2.05, 4.69) is 37.0 Å². The number of carbonyl (C=O) groups excluding carboxylic acids is 1. The van der Waals surface area contributed by atoms with Gasteiger partial charge in [-0.1, -0.05) is 13.8 Å². The number of anilines is 2. The van der Waals surface area contributed by atoms with Gasteiger partial charge in [-0.25, -0.2) is 19.6 Å². The van der Waals surface area contributed by atoms with Crippen molar-refractivity contribution in [2.75, 3.05) is 36.4 Å². The van der Waals surface area contributed by atoms with Gasteiger partial charge in [0.05, 0.1) is 10.9 Å². The molecule has 2 aliphatic heterocycles. The lowest BCUT2D eigenvalue weighted by Crippen LogP contribution is -2.61. The van der Waals surface area contributed by atoms with E-state index in [0.29, 0.717) is 23.4 Å². The highest BCUT2D eigenvalue weighted by Gasteiger charge is 2.49. The highest BCUT2D eigenvalue weighted by molar-refractivity contribution is 5.95. The first-order chi connectivity index (χ1) is 16.6. The molecule has 3 aromatic heterocycles. The Hall–Kier alpha value is -3.21. The van der Waals surface area contributed by atoms with Gasteiger partial charge in [0.1, 0.15) is 5.82 Å². The number of likely N-dealkylation sites (tertiary alicyclic amines) is 1. The number of rotatable bonds is 6. The van der Waals surface area contributed by atoms with Crippen LogP contribution in [0.25, 0.3) is 16.7 Å². The zero-order valence-electron chi connectivity index (χ0n) is 20.5. The van der Waals surface area contributed by atoms with Gasteiger partial charge in [-0.2, -0.15) is 8.78 Å². The lowest BCUT2D eigenvalue weighted by atomic mass is 9.84. The Labute approximate surface area is 202 Å². The molecule has 0 saturated carbocycles. The molecule has 2 fully saturated rings. The summed E-state index contributed by atoms with van der Waals surface area (Å²) in [5, 5.41) is 8.34. The van der Waals surface area contributed by atoms with E-state index in [0.717, 1.165) is 57.1 Å². The van der Waals surface area contributed by atoms with Gasteiger partial charge >= 0.3 is 5.92 Å². The molecule has 1 atom stereocenters. The SMILES string of the molecule is CCc1cc(-n2nc(N3CCC4(CCN4CC)C3)c3cnc(NC(C)=O)cc32)nc(C(C)(F)F)n1. The highest BCUT2D eigenvalue weighted by Crippen LogP contribution is 2.42. The van der Waals surface area contributed by atoms with Crippen LogP contribution < -0.4 is 10.2 Å². The Morgan fingerprint density at radius 1 is 1.20 bits per heavy atom. The molecule has 2 aliphatic rings. The molecule has 2 saturated heterocycles. The quantitative estimate of drug-likeness (QED) is 0.572. The largest absolute Gasteiger partial charge is 0.353 e. The summed E-state index contributed by atoms with van der Waals surface area (Å²) in [6.45, 7) is 10.1. The van der Waals surface area contributed by atoms with Crippen LogP contribution in [0.2, 0.25) is 0 Å². The first-order valence-corrected chi connectivity index (χ1v) is 12.1. The molecule has 9 nitrogen and oxygen atoms in total. The summed E-state index contributed by atoms with van der Waals surface area (Å²) >= 11 is 0.